The third kappa shape index (κ3) is 3.16. The fourth-order valence-corrected chi connectivity index (χ4v) is 2.06. The standard InChI is InChI=1S/C11H14O2S/c1-9-7-11(14-6-2-5-12)4-3-10(9)8-13/h3-4,7-8,12H,2,5-6H2,1H3. The molecule has 0 aliphatic rings. The molecule has 0 saturated carbocycles. The Bertz CT molecular complexity index is 310. The van der Waals surface area contributed by atoms with E-state index in [1.807, 2.05) is 25.1 Å². The van der Waals surface area contributed by atoms with Crippen molar-refractivity contribution in [3.05, 3.63) is 29.3 Å². The van der Waals surface area contributed by atoms with Crippen molar-refractivity contribution in [2.75, 3.05) is 12.4 Å². The van der Waals surface area contributed by atoms with Gasteiger partial charge in [-0.25, -0.2) is 0 Å². The molecule has 1 N–H and O–H groups in total. The molecule has 0 atom stereocenters. The molecule has 3 heteroatoms. The molecule has 1 aromatic rings. The topological polar surface area (TPSA) is 37.3 Å². The molecule has 1 aromatic carbocycles. The highest BCUT2D eigenvalue weighted by molar-refractivity contribution is 7.99. The zero-order valence-electron chi connectivity index (χ0n) is 8.19. The van der Waals surface area contributed by atoms with Gasteiger partial charge in [0.15, 0.2) is 0 Å². The second-order valence-corrected chi connectivity index (χ2v) is 4.23. The van der Waals surface area contributed by atoms with Gasteiger partial charge in [-0.3, -0.25) is 4.79 Å². The highest BCUT2D eigenvalue weighted by Crippen LogP contribution is 2.21. The third-order valence-electron chi connectivity index (χ3n) is 1.94. The first kappa shape index (κ1) is 11.3. The lowest BCUT2D eigenvalue weighted by molar-refractivity contribution is 0.112. The van der Waals surface area contributed by atoms with Gasteiger partial charge in [0.1, 0.15) is 6.29 Å². The summed E-state index contributed by atoms with van der Waals surface area (Å²) >= 11 is 1.70. The van der Waals surface area contributed by atoms with Crippen molar-refractivity contribution in [2.24, 2.45) is 0 Å². The molecule has 0 radical (unpaired) electrons. The maximum Gasteiger partial charge on any atom is 0.150 e. The Kier molecular flexibility index (Phi) is 4.70. The Morgan fingerprint density at radius 1 is 1.50 bits per heavy atom. The highest BCUT2D eigenvalue weighted by Gasteiger charge is 1.99. The van der Waals surface area contributed by atoms with Crippen LogP contribution in [0.4, 0.5) is 0 Å². The zero-order chi connectivity index (χ0) is 10.4. The Morgan fingerprint density at radius 2 is 2.29 bits per heavy atom. The number of carbonyl (C=O) groups excluding carboxylic acids is 1. The molecular weight excluding hydrogens is 196 g/mol. The Balaban J connectivity index is 2.62. The predicted molar refractivity (Wildman–Crippen MR) is 59.0 cm³/mol. The van der Waals surface area contributed by atoms with E-state index in [1.54, 1.807) is 11.8 Å². The molecule has 0 amide bonds. The van der Waals surface area contributed by atoms with Crippen molar-refractivity contribution >= 4 is 18.0 Å². The molecule has 0 aliphatic carbocycles. The van der Waals surface area contributed by atoms with E-state index >= 15 is 0 Å². The van der Waals surface area contributed by atoms with E-state index in [-0.39, 0.29) is 6.61 Å². The number of carbonyl (C=O) groups is 1. The Morgan fingerprint density at radius 3 is 2.86 bits per heavy atom. The number of aryl methyl sites for hydroxylation is 1. The van der Waals surface area contributed by atoms with Crippen LogP contribution in [-0.2, 0) is 0 Å². The molecule has 0 aromatic heterocycles. The lowest BCUT2D eigenvalue weighted by Crippen LogP contribution is -1.88. The molecule has 0 unspecified atom stereocenters. The van der Waals surface area contributed by atoms with Gasteiger partial charge in [-0.2, -0.15) is 0 Å². The predicted octanol–water partition coefficient (Wildman–Crippen LogP) is 2.28. The Labute approximate surface area is 88.3 Å². The fraction of sp³-hybridized carbons (Fsp3) is 0.364. The highest BCUT2D eigenvalue weighted by atomic mass is 32.2. The van der Waals surface area contributed by atoms with Gasteiger partial charge in [0, 0.05) is 22.8 Å². The van der Waals surface area contributed by atoms with Crippen LogP contribution in [0, 0.1) is 6.92 Å². The number of hydrogen-bond donors (Lipinski definition) is 1. The van der Waals surface area contributed by atoms with Crippen LogP contribution >= 0.6 is 11.8 Å². The van der Waals surface area contributed by atoms with Crippen molar-refractivity contribution in [3.8, 4) is 0 Å². The van der Waals surface area contributed by atoms with Crippen molar-refractivity contribution < 1.29 is 9.90 Å². The summed E-state index contributed by atoms with van der Waals surface area (Å²) in [7, 11) is 0. The van der Waals surface area contributed by atoms with Crippen LogP contribution in [0.5, 0.6) is 0 Å². The van der Waals surface area contributed by atoms with Gasteiger partial charge < -0.3 is 5.11 Å². The number of aldehydes is 1. The van der Waals surface area contributed by atoms with Gasteiger partial charge in [-0.05, 0) is 31.0 Å². The zero-order valence-corrected chi connectivity index (χ0v) is 9.01. The summed E-state index contributed by atoms with van der Waals surface area (Å²) in [5.74, 6) is 0.913. The van der Waals surface area contributed by atoms with Gasteiger partial charge in [0.25, 0.3) is 0 Å². The number of aliphatic hydroxyl groups is 1. The molecule has 0 saturated heterocycles. The summed E-state index contributed by atoms with van der Waals surface area (Å²) in [6.45, 7) is 2.16. The summed E-state index contributed by atoms with van der Waals surface area (Å²) in [5.41, 5.74) is 1.76. The van der Waals surface area contributed by atoms with E-state index < -0.39 is 0 Å². The normalized spacial score (nSPS) is 10.1. The summed E-state index contributed by atoms with van der Waals surface area (Å²) in [4.78, 5) is 11.7. The summed E-state index contributed by atoms with van der Waals surface area (Å²) < 4.78 is 0. The monoisotopic (exact) mass is 210 g/mol. The summed E-state index contributed by atoms with van der Waals surface area (Å²) in [6, 6.07) is 5.79. The van der Waals surface area contributed by atoms with Crippen molar-refractivity contribution in [1.29, 1.82) is 0 Å². The molecule has 76 valence electrons. The van der Waals surface area contributed by atoms with Crippen molar-refractivity contribution in [1.82, 2.24) is 0 Å². The lowest BCUT2D eigenvalue weighted by atomic mass is 10.1. The molecule has 14 heavy (non-hydrogen) atoms. The first-order valence-corrected chi connectivity index (χ1v) is 5.56. The average molecular weight is 210 g/mol. The van der Waals surface area contributed by atoms with Crippen LogP contribution in [-0.4, -0.2) is 23.8 Å². The SMILES string of the molecule is Cc1cc(SCCCO)ccc1C=O. The molecule has 0 heterocycles. The minimum atomic E-state index is 0.235. The number of hydrogen-bond acceptors (Lipinski definition) is 3. The van der Waals surface area contributed by atoms with E-state index in [2.05, 4.69) is 0 Å². The quantitative estimate of drug-likeness (QED) is 0.460. The third-order valence-corrected chi connectivity index (χ3v) is 3.02. The minimum Gasteiger partial charge on any atom is -0.396 e. The van der Waals surface area contributed by atoms with Crippen LogP contribution in [0.2, 0.25) is 0 Å². The maximum absolute atomic E-state index is 10.6. The van der Waals surface area contributed by atoms with Crippen LogP contribution in [0.1, 0.15) is 22.3 Å². The van der Waals surface area contributed by atoms with Gasteiger partial charge >= 0.3 is 0 Å². The second-order valence-electron chi connectivity index (χ2n) is 3.06. The van der Waals surface area contributed by atoms with E-state index in [4.69, 9.17) is 5.11 Å². The molecule has 0 bridgehead atoms. The maximum atomic E-state index is 10.6. The average Bonchev–Trinajstić information content (AvgIpc) is 2.18. The second kappa shape index (κ2) is 5.83. The fourth-order valence-electron chi connectivity index (χ4n) is 1.12. The number of benzene rings is 1. The molecular formula is C11H14O2S. The van der Waals surface area contributed by atoms with Gasteiger partial charge in [0.05, 0.1) is 0 Å². The van der Waals surface area contributed by atoms with Gasteiger partial charge in [-0.1, -0.05) is 6.07 Å². The van der Waals surface area contributed by atoms with E-state index in [1.165, 1.54) is 0 Å². The van der Waals surface area contributed by atoms with Crippen LogP contribution in [0.15, 0.2) is 23.1 Å². The summed E-state index contributed by atoms with van der Waals surface area (Å²) in [6.07, 6.45) is 1.68. The number of thioether (sulfide) groups is 1. The molecule has 0 spiro atoms. The molecule has 2 nitrogen and oxygen atoms in total. The van der Waals surface area contributed by atoms with E-state index in [9.17, 15) is 4.79 Å². The largest absolute Gasteiger partial charge is 0.396 e. The molecule has 1 rings (SSSR count). The number of aliphatic hydroxyl groups excluding tert-OH is 1. The Hall–Kier alpha value is -0.800. The first-order valence-electron chi connectivity index (χ1n) is 4.57. The van der Waals surface area contributed by atoms with Crippen LogP contribution in [0.3, 0.4) is 0 Å². The minimum absolute atomic E-state index is 0.235. The lowest BCUT2D eigenvalue weighted by Gasteiger charge is -2.03. The first-order chi connectivity index (χ1) is 6.77. The molecule has 0 aliphatic heterocycles. The van der Waals surface area contributed by atoms with Gasteiger partial charge in [-0.15, -0.1) is 11.8 Å². The van der Waals surface area contributed by atoms with Gasteiger partial charge in [0.2, 0.25) is 0 Å². The van der Waals surface area contributed by atoms with Crippen molar-refractivity contribution in [2.45, 2.75) is 18.2 Å². The summed E-state index contributed by atoms with van der Waals surface area (Å²) in [5, 5.41) is 8.62. The van der Waals surface area contributed by atoms with Crippen molar-refractivity contribution in [3.63, 3.8) is 0 Å². The smallest absolute Gasteiger partial charge is 0.150 e. The van der Waals surface area contributed by atoms with Crippen LogP contribution < -0.4 is 0 Å². The number of rotatable bonds is 5. The van der Waals surface area contributed by atoms with Crippen LogP contribution in [0.25, 0.3) is 0 Å². The molecule has 0 fully saturated rings. The van der Waals surface area contributed by atoms with E-state index in [0.717, 1.165) is 34.5 Å². The van der Waals surface area contributed by atoms with E-state index in [0.29, 0.717) is 0 Å².